The predicted molar refractivity (Wildman–Crippen MR) is 176 cm³/mol. The molecule has 4 N–H and O–H groups in total. The number of hydrogen-bond donors (Lipinski definition) is 4. The summed E-state index contributed by atoms with van der Waals surface area (Å²) in [7, 11) is -2.66. The first kappa shape index (κ1) is 36.1. The van der Waals surface area contributed by atoms with Crippen molar-refractivity contribution in [3.05, 3.63) is 83.0 Å². The summed E-state index contributed by atoms with van der Waals surface area (Å²) in [5.41, 5.74) is 2.65. The summed E-state index contributed by atoms with van der Waals surface area (Å²) in [5.74, 6) is -0.942. The zero-order valence-corrected chi connectivity index (χ0v) is 28.1. The van der Waals surface area contributed by atoms with Crippen molar-refractivity contribution in [1.29, 1.82) is 0 Å². The van der Waals surface area contributed by atoms with Crippen molar-refractivity contribution in [3.8, 4) is 5.75 Å². The summed E-state index contributed by atoms with van der Waals surface area (Å²) in [5, 5.41) is 15.3. The molecule has 2 amide bonds. The number of likely N-dealkylation sites (tertiary alicyclic amines) is 1. The van der Waals surface area contributed by atoms with Crippen LogP contribution in [-0.4, -0.2) is 92.9 Å². The van der Waals surface area contributed by atoms with Gasteiger partial charge in [-0.05, 0) is 49.9 Å². The van der Waals surface area contributed by atoms with Gasteiger partial charge in [-0.3, -0.25) is 9.59 Å². The molecule has 258 valence electrons. The third kappa shape index (κ3) is 9.89. The third-order valence-corrected chi connectivity index (χ3v) is 9.50. The molecule has 0 spiro atoms. The molecule has 2 aromatic carbocycles. The summed E-state index contributed by atoms with van der Waals surface area (Å²) in [6.07, 6.45) is 0.885. The van der Waals surface area contributed by atoms with E-state index in [1.165, 1.54) is 4.90 Å². The fourth-order valence-corrected chi connectivity index (χ4v) is 7.19. The molecule has 2 heterocycles. The number of carbonyl (C=O) groups excluding carboxylic acids is 2. The van der Waals surface area contributed by atoms with Gasteiger partial charge in [0, 0.05) is 25.4 Å². The number of aliphatic carboxylic acids is 1. The molecule has 1 aliphatic heterocycles. The van der Waals surface area contributed by atoms with Crippen molar-refractivity contribution in [2.24, 2.45) is 0 Å². The highest BCUT2D eigenvalue weighted by Crippen LogP contribution is 2.24. The van der Waals surface area contributed by atoms with Gasteiger partial charge in [-0.2, -0.15) is 4.72 Å². The van der Waals surface area contributed by atoms with E-state index in [9.17, 15) is 27.9 Å². The Morgan fingerprint density at radius 2 is 1.77 bits per heavy atom. The Kier molecular flexibility index (Phi) is 12.3. The second-order valence-electron chi connectivity index (χ2n) is 11.5. The third-order valence-electron chi connectivity index (χ3n) is 7.72. The summed E-state index contributed by atoms with van der Waals surface area (Å²) >= 11 is 0. The molecule has 1 saturated heterocycles. The molecule has 48 heavy (non-hydrogen) atoms. The van der Waals surface area contributed by atoms with Crippen LogP contribution < -0.4 is 20.1 Å². The van der Waals surface area contributed by atoms with Gasteiger partial charge in [0.15, 0.2) is 0 Å². The maximum atomic E-state index is 13.1. The van der Waals surface area contributed by atoms with Crippen molar-refractivity contribution >= 4 is 33.8 Å². The lowest BCUT2D eigenvalue weighted by Gasteiger charge is -2.24. The van der Waals surface area contributed by atoms with Crippen molar-refractivity contribution in [1.82, 2.24) is 19.9 Å². The molecule has 0 aliphatic carbocycles. The van der Waals surface area contributed by atoms with Gasteiger partial charge in [-0.25, -0.2) is 18.2 Å². The first-order valence-corrected chi connectivity index (χ1v) is 16.8. The molecular formula is C33H41N5O9S. The van der Waals surface area contributed by atoms with Gasteiger partial charge in [0.05, 0.1) is 30.7 Å². The predicted octanol–water partition coefficient (Wildman–Crippen LogP) is 2.77. The van der Waals surface area contributed by atoms with Crippen molar-refractivity contribution in [2.45, 2.75) is 56.9 Å². The number of aromatic nitrogens is 1. The van der Waals surface area contributed by atoms with Gasteiger partial charge in [-0.1, -0.05) is 48.0 Å². The Morgan fingerprint density at radius 1 is 1.06 bits per heavy atom. The van der Waals surface area contributed by atoms with E-state index in [0.717, 1.165) is 11.1 Å². The SMILES string of the molecule is COc1ccnc(NCC2CC(OCC(=O)NCC(NS(=O)(=O)c3c(C)cc(C)cc3C)C(=O)O)CN2C(=O)OCc2ccccc2)c1. The van der Waals surface area contributed by atoms with Crippen LogP contribution in [0.5, 0.6) is 5.75 Å². The number of carboxylic acid groups (broad SMARTS) is 1. The van der Waals surface area contributed by atoms with Gasteiger partial charge in [0.1, 0.15) is 30.8 Å². The number of nitrogens with one attached hydrogen (secondary N) is 3. The first-order valence-electron chi connectivity index (χ1n) is 15.3. The number of benzene rings is 2. The quantitative estimate of drug-likeness (QED) is 0.185. The molecule has 4 rings (SSSR count). The number of hydrogen-bond acceptors (Lipinski definition) is 10. The van der Waals surface area contributed by atoms with Crippen LogP contribution in [0.1, 0.15) is 28.7 Å². The van der Waals surface area contributed by atoms with Crippen LogP contribution in [0.4, 0.5) is 10.6 Å². The lowest BCUT2D eigenvalue weighted by atomic mass is 10.1. The van der Waals surface area contributed by atoms with E-state index in [1.807, 2.05) is 37.3 Å². The molecule has 1 aliphatic rings. The van der Waals surface area contributed by atoms with Crippen molar-refractivity contribution in [2.75, 3.05) is 38.7 Å². The smallest absolute Gasteiger partial charge is 0.410 e. The lowest BCUT2D eigenvalue weighted by Crippen LogP contribution is -2.49. The van der Waals surface area contributed by atoms with Crippen LogP contribution in [0, 0.1) is 20.8 Å². The zero-order chi connectivity index (χ0) is 34.8. The van der Waals surface area contributed by atoms with E-state index in [2.05, 4.69) is 20.3 Å². The maximum absolute atomic E-state index is 13.1. The number of nitrogens with zero attached hydrogens (tertiary/aromatic N) is 2. The molecule has 3 atom stereocenters. The number of amides is 2. The van der Waals surface area contributed by atoms with Gasteiger partial charge in [0.2, 0.25) is 15.9 Å². The van der Waals surface area contributed by atoms with Gasteiger partial charge in [-0.15, -0.1) is 0 Å². The van der Waals surface area contributed by atoms with Gasteiger partial charge < -0.3 is 34.9 Å². The van der Waals surface area contributed by atoms with E-state index >= 15 is 0 Å². The fourth-order valence-electron chi connectivity index (χ4n) is 5.55. The van der Waals surface area contributed by atoms with Crippen LogP contribution in [-0.2, 0) is 35.7 Å². The zero-order valence-electron chi connectivity index (χ0n) is 27.3. The summed E-state index contributed by atoms with van der Waals surface area (Å²) < 4.78 is 45.0. The van der Waals surface area contributed by atoms with Crippen molar-refractivity contribution in [3.63, 3.8) is 0 Å². The van der Waals surface area contributed by atoms with Crippen LogP contribution in [0.15, 0.2) is 65.7 Å². The van der Waals surface area contributed by atoms with E-state index in [4.69, 9.17) is 14.2 Å². The van der Waals surface area contributed by atoms with Gasteiger partial charge in [0.25, 0.3) is 0 Å². The normalized spacial score (nSPS) is 16.6. The number of sulfonamides is 1. The standard InChI is InChI=1S/C33H41N5O9S/c1-21-12-22(2)31(23(3)13-21)48(43,44)37-28(32(40)41)17-36-30(39)20-46-27-14-25(16-35-29-15-26(45-4)10-11-34-29)38(18-27)33(42)47-19-24-8-6-5-7-9-24/h5-13,15,25,27-28,37H,14,16-20H2,1-4H3,(H,34,35)(H,36,39)(H,40,41). The Morgan fingerprint density at radius 3 is 2.44 bits per heavy atom. The molecule has 0 radical (unpaired) electrons. The minimum atomic E-state index is -4.21. The summed E-state index contributed by atoms with van der Waals surface area (Å²) in [6, 6.07) is 14.1. The minimum absolute atomic E-state index is 0.00619. The van der Waals surface area contributed by atoms with Crippen LogP contribution >= 0.6 is 0 Å². The van der Waals surface area contributed by atoms with E-state index in [1.54, 1.807) is 51.4 Å². The largest absolute Gasteiger partial charge is 0.497 e. The highest BCUT2D eigenvalue weighted by molar-refractivity contribution is 7.89. The molecule has 14 nitrogen and oxygen atoms in total. The maximum Gasteiger partial charge on any atom is 0.410 e. The molecule has 3 aromatic rings. The Hall–Kier alpha value is -4.73. The monoisotopic (exact) mass is 683 g/mol. The number of aryl methyl sites for hydroxylation is 3. The average molecular weight is 684 g/mol. The number of carboxylic acids is 1. The highest BCUT2D eigenvalue weighted by Gasteiger charge is 2.37. The molecule has 1 aromatic heterocycles. The highest BCUT2D eigenvalue weighted by atomic mass is 32.2. The van der Waals surface area contributed by atoms with E-state index < -0.39 is 53.3 Å². The molecule has 3 unspecified atom stereocenters. The number of methoxy groups -OCH3 is 1. The first-order chi connectivity index (χ1) is 22.9. The Balaban J connectivity index is 1.34. The minimum Gasteiger partial charge on any atom is -0.497 e. The average Bonchev–Trinajstić information content (AvgIpc) is 3.46. The molecule has 1 fully saturated rings. The van der Waals surface area contributed by atoms with E-state index in [-0.39, 0.29) is 24.1 Å². The summed E-state index contributed by atoms with van der Waals surface area (Å²) in [6.45, 7) is 4.69. The second-order valence-corrected chi connectivity index (χ2v) is 13.2. The number of ether oxygens (including phenoxy) is 3. The van der Waals surface area contributed by atoms with Crippen LogP contribution in [0.3, 0.4) is 0 Å². The fraction of sp³-hybridized carbons (Fsp3) is 0.394. The summed E-state index contributed by atoms with van der Waals surface area (Å²) in [4.78, 5) is 43.5. The second kappa shape index (κ2) is 16.4. The van der Waals surface area contributed by atoms with E-state index in [0.29, 0.717) is 35.7 Å². The Bertz CT molecular complexity index is 1680. The number of carbonyl (C=O) groups is 3. The number of pyridine rings is 1. The van der Waals surface area contributed by atoms with Gasteiger partial charge >= 0.3 is 12.1 Å². The topological polar surface area (TPSA) is 185 Å². The molecular weight excluding hydrogens is 642 g/mol. The lowest BCUT2D eigenvalue weighted by molar-refractivity contribution is -0.139. The number of anilines is 1. The molecule has 0 saturated carbocycles. The van der Waals surface area contributed by atoms with Crippen LogP contribution in [0.2, 0.25) is 0 Å². The Labute approximate surface area is 279 Å². The van der Waals surface area contributed by atoms with Crippen LogP contribution in [0.25, 0.3) is 0 Å². The van der Waals surface area contributed by atoms with Crippen molar-refractivity contribution < 1.29 is 42.1 Å². The number of rotatable bonds is 15. The molecule has 15 heteroatoms. The molecule has 0 bridgehead atoms.